The predicted octanol–water partition coefficient (Wildman–Crippen LogP) is 13.3. The van der Waals surface area contributed by atoms with Crippen molar-refractivity contribution in [1.29, 1.82) is 0 Å². The van der Waals surface area contributed by atoms with Crippen LogP contribution in [0, 0.1) is 0 Å². The number of benzene rings is 4. The van der Waals surface area contributed by atoms with Crippen LogP contribution in [0.25, 0.3) is 0 Å². The zero-order valence-corrected chi connectivity index (χ0v) is 36.1. The first-order valence-electron chi connectivity index (χ1n) is 19.5. The Hall–Kier alpha value is -3.63. The number of halogens is 3. The highest BCUT2D eigenvalue weighted by Gasteiger charge is 2.58. The number of alkyl halides is 3. The molecule has 1 spiro atoms. The highest BCUT2D eigenvalue weighted by atomic mass is 32.2. The van der Waals surface area contributed by atoms with E-state index < -0.39 is 49.7 Å². The first-order chi connectivity index (χ1) is 25.9. The van der Waals surface area contributed by atoms with Gasteiger partial charge in [0.25, 0.3) is 0 Å². The number of hydrogen-bond acceptors (Lipinski definition) is 6. The summed E-state index contributed by atoms with van der Waals surface area (Å²) in [6.07, 6.45) is -3.03. The first kappa shape index (κ1) is 40.6. The number of fused-ring (bicyclic) bond motifs is 7. The number of ether oxygens (including phenoxy) is 4. The summed E-state index contributed by atoms with van der Waals surface area (Å²) in [6.45, 7) is 24.4. The average Bonchev–Trinajstić information content (AvgIpc) is 3.47. The minimum absolute atomic E-state index is 0.0966. The molecule has 3 unspecified atom stereocenters. The van der Waals surface area contributed by atoms with Gasteiger partial charge in [0.15, 0.2) is 34.5 Å². The van der Waals surface area contributed by atoms with Crippen LogP contribution in [-0.2, 0) is 38.0 Å². The van der Waals surface area contributed by atoms with Crippen LogP contribution in [0.4, 0.5) is 13.2 Å². The van der Waals surface area contributed by atoms with E-state index in [0.717, 1.165) is 35.1 Å². The van der Waals surface area contributed by atoms with Crippen LogP contribution in [-0.4, -0.2) is 15.4 Å². The van der Waals surface area contributed by atoms with Gasteiger partial charge in [-0.2, -0.15) is 25.8 Å². The van der Waals surface area contributed by atoms with Crippen molar-refractivity contribution in [3.8, 4) is 34.5 Å². The standard InChI is InChI=1S/C44H47F3O5S2.C2H6/c1-11-42(10,53)29-21-34(54(48)24-15-13-12-14-16-24)36-37(35(29)44(45,46)47)50-31-19-27-25(17-30(31)49-36)38(2,3)22-43(27)23-39(4,5)26-18-32-33(20-28(26)43)52-41(8,9)40(6,7)51-32;1-2/h12-21,53H,11,22-23H2,1-10H3;1-2H3. The van der Waals surface area contributed by atoms with Gasteiger partial charge in [0, 0.05) is 15.1 Å². The maximum Gasteiger partial charge on any atom is 0.420 e. The molecule has 0 saturated heterocycles. The fraction of sp³-hybridized carbons (Fsp3) is 0.478. The van der Waals surface area contributed by atoms with Crippen molar-refractivity contribution < 1.29 is 36.3 Å². The maximum absolute atomic E-state index is 15.3. The molecular weight excluding hydrogens is 754 g/mol. The Morgan fingerprint density at radius 1 is 0.696 bits per heavy atom. The summed E-state index contributed by atoms with van der Waals surface area (Å²) in [5.74, 6) is 1.16. The molecule has 300 valence electrons. The summed E-state index contributed by atoms with van der Waals surface area (Å²) in [4.78, 5) is 0.527. The molecule has 8 rings (SSSR count). The van der Waals surface area contributed by atoms with E-state index in [1.54, 1.807) is 44.2 Å². The molecule has 4 aromatic rings. The van der Waals surface area contributed by atoms with Gasteiger partial charge < -0.3 is 18.9 Å². The molecule has 2 aliphatic heterocycles. The highest BCUT2D eigenvalue weighted by Crippen LogP contribution is 2.67. The largest absolute Gasteiger partial charge is 0.480 e. The maximum atomic E-state index is 15.3. The Balaban J connectivity index is 0.00000237. The first-order valence-corrected chi connectivity index (χ1v) is 21.1. The van der Waals surface area contributed by atoms with Crippen molar-refractivity contribution in [2.24, 2.45) is 0 Å². The quantitative estimate of drug-likeness (QED) is 0.183. The zero-order chi connectivity index (χ0) is 41.2. The monoisotopic (exact) mass is 806 g/mol. The van der Waals surface area contributed by atoms with Gasteiger partial charge >= 0.3 is 6.18 Å². The van der Waals surface area contributed by atoms with E-state index in [-0.39, 0.29) is 45.0 Å². The van der Waals surface area contributed by atoms with Gasteiger partial charge in [-0.05, 0) is 135 Å². The molecule has 0 N–H and O–H groups in total. The second-order valence-corrected chi connectivity index (χ2v) is 20.4. The minimum Gasteiger partial charge on any atom is -0.480 e. The van der Waals surface area contributed by atoms with Crippen LogP contribution in [0.5, 0.6) is 34.5 Å². The Morgan fingerprint density at radius 2 is 1.14 bits per heavy atom. The van der Waals surface area contributed by atoms with E-state index in [1.807, 2.05) is 53.7 Å². The van der Waals surface area contributed by atoms with E-state index in [0.29, 0.717) is 16.4 Å². The van der Waals surface area contributed by atoms with Gasteiger partial charge in [-0.15, -0.1) is 0 Å². The molecule has 0 aromatic heterocycles. The lowest BCUT2D eigenvalue weighted by Crippen LogP contribution is -2.56. The Morgan fingerprint density at radius 3 is 1.62 bits per heavy atom. The van der Waals surface area contributed by atoms with Crippen molar-refractivity contribution in [1.82, 2.24) is 0 Å². The van der Waals surface area contributed by atoms with E-state index in [4.69, 9.17) is 31.6 Å². The van der Waals surface area contributed by atoms with Gasteiger partial charge in [0.1, 0.15) is 16.8 Å². The topological polar surface area (TPSA) is 54.0 Å². The molecule has 2 aliphatic carbocycles. The molecule has 0 bridgehead atoms. The van der Waals surface area contributed by atoms with Crippen LogP contribution in [0.3, 0.4) is 0 Å². The summed E-state index contributed by atoms with van der Waals surface area (Å²) in [5, 5.41) is 0. The molecule has 56 heavy (non-hydrogen) atoms. The third-order valence-electron chi connectivity index (χ3n) is 12.7. The van der Waals surface area contributed by atoms with Crippen LogP contribution < -0.4 is 18.9 Å². The summed E-state index contributed by atoms with van der Waals surface area (Å²) < 4.78 is 85.2. The normalized spacial score (nSPS) is 22.9. The van der Waals surface area contributed by atoms with E-state index >= 15 is 13.2 Å². The molecule has 5 nitrogen and oxygen atoms in total. The molecule has 0 saturated carbocycles. The SMILES string of the molecule is CC.CCC(C)(S)c1cc(S(=O)c2ccccc2)c2c(c1C(F)(F)F)Oc1cc3c(cc1O2)C(C)(C)CC31CC(C)(C)c2cc3c(cc21)OC(C)(C)C(C)(C)O3. The lowest BCUT2D eigenvalue weighted by Gasteiger charge is -2.46. The van der Waals surface area contributed by atoms with Crippen LogP contribution >= 0.6 is 12.6 Å². The summed E-state index contributed by atoms with van der Waals surface area (Å²) in [6, 6.07) is 18.1. The second kappa shape index (κ2) is 12.9. The molecule has 4 aliphatic rings. The number of thiol groups is 1. The average molecular weight is 807 g/mol. The molecule has 3 atom stereocenters. The minimum atomic E-state index is -4.83. The van der Waals surface area contributed by atoms with Crippen LogP contribution in [0.1, 0.15) is 136 Å². The van der Waals surface area contributed by atoms with Gasteiger partial charge in [0.05, 0.1) is 15.7 Å². The van der Waals surface area contributed by atoms with Crippen LogP contribution in [0.15, 0.2) is 70.5 Å². The number of hydrogen-bond donors (Lipinski definition) is 1. The molecular formula is C46H53F3O5S2. The third-order valence-corrected chi connectivity index (χ3v) is 14.6. The van der Waals surface area contributed by atoms with Gasteiger partial charge in [-0.1, -0.05) is 66.7 Å². The lowest BCUT2D eigenvalue weighted by molar-refractivity contribution is -0.139. The van der Waals surface area contributed by atoms with Crippen molar-refractivity contribution in [3.63, 3.8) is 0 Å². The summed E-state index contributed by atoms with van der Waals surface area (Å²) in [5.41, 5.74) is 0.963. The summed E-state index contributed by atoms with van der Waals surface area (Å²) in [7, 11) is -1.89. The predicted molar refractivity (Wildman–Crippen MR) is 219 cm³/mol. The highest BCUT2D eigenvalue weighted by molar-refractivity contribution is 7.85. The van der Waals surface area contributed by atoms with Gasteiger partial charge in [-0.3, -0.25) is 0 Å². The molecule has 4 aromatic carbocycles. The van der Waals surface area contributed by atoms with Crippen molar-refractivity contribution >= 4 is 23.4 Å². The molecule has 0 fully saturated rings. The zero-order valence-electron chi connectivity index (χ0n) is 34.4. The van der Waals surface area contributed by atoms with E-state index in [2.05, 4.69) is 39.8 Å². The smallest absolute Gasteiger partial charge is 0.420 e. The fourth-order valence-electron chi connectivity index (χ4n) is 9.17. The van der Waals surface area contributed by atoms with Crippen molar-refractivity contribution in [2.75, 3.05) is 0 Å². The van der Waals surface area contributed by atoms with Crippen molar-refractivity contribution in [2.45, 2.75) is 151 Å². The van der Waals surface area contributed by atoms with Gasteiger partial charge in [-0.25, -0.2) is 4.21 Å². The second-order valence-electron chi connectivity index (χ2n) is 18.0. The molecule has 0 amide bonds. The third kappa shape index (κ3) is 6.06. The van der Waals surface area contributed by atoms with Crippen LogP contribution in [0.2, 0.25) is 0 Å². The molecule has 0 radical (unpaired) electrons. The molecule has 10 heteroatoms. The Kier molecular flexibility index (Phi) is 9.37. The van der Waals surface area contributed by atoms with Gasteiger partial charge in [0.2, 0.25) is 0 Å². The summed E-state index contributed by atoms with van der Waals surface area (Å²) >= 11 is 4.71. The lowest BCUT2D eigenvalue weighted by atomic mass is 9.72. The fourth-order valence-corrected chi connectivity index (χ4v) is 10.5. The number of rotatable bonds is 4. The Bertz CT molecular complexity index is 2270. The van der Waals surface area contributed by atoms with Crippen molar-refractivity contribution in [3.05, 3.63) is 94.0 Å². The van der Waals surface area contributed by atoms with E-state index in [9.17, 15) is 4.21 Å². The van der Waals surface area contributed by atoms with E-state index in [1.165, 1.54) is 6.07 Å². The Labute approximate surface area is 337 Å². The molecule has 2 heterocycles.